The van der Waals surface area contributed by atoms with Crippen LogP contribution in [0.15, 0.2) is 60.9 Å². The minimum Gasteiger partial charge on any atom is -0.484 e. The molecular formula is C26H26N6O3. The van der Waals surface area contributed by atoms with Crippen LogP contribution in [0, 0.1) is 0 Å². The van der Waals surface area contributed by atoms with E-state index in [4.69, 9.17) is 19.4 Å². The van der Waals surface area contributed by atoms with Crippen LogP contribution in [0.3, 0.4) is 0 Å². The fourth-order valence-electron chi connectivity index (χ4n) is 3.76. The third-order valence-electron chi connectivity index (χ3n) is 5.59. The Kier molecular flexibility index (Phi) is 6.67. The molecular weight excluding hydrogens is 444 g/mol. The number of hydrogen-bond acceptors (Lipinski definition) is 7. The van der Waals surface area contributed by atoms with Crippen LogP contribution in [0.2, 0.25) is 0 Å². The molecule has 9 nitrogen and oxygen atoms in total. The van der Waals surface area contributed by atoms with E-state index in [0.29, 0.717) is 37.2 Å². The molecule has 4 aromatic rings. The highest BCUT2D eigenvalue weighted by molar-refractivity contribution is 5.77. The Morgan fingerprint density at radius 1 is 1.09 bits per heavy atom. The van der Waals surface area contributed by atoms with Crippen LogP contribution in [0.5, 0.6) is 5.75 Å². The normalized spacial score (nSPS) is 12.3. The van der Waals surface area contributed by atoms with Gasteiger partial charge in [-0.3, -0.25) is 9.89 Å². The van der Waals surface area contributed by atoms with Crippen molar-refractivity contribution in [1.29, 1.82) is 0 Å². The molecule has 0 saturated carbocycles. The van der Waals surface area contributed by atoms with Crippen LogP contribution in [-0.2, 0) is 22.7 Å². The Labute approximate surface area is 202 Å². The van der Waals surface area contributed by atoms with Crippen LogP contribution >= 0.6 is 0 Å². The molecule has 178 valence electrons. The van der Waals surface area contributed by atoms with Gasteiger partial charge in [-0.05, 0) is 36.2 Å². The highest BCUT2D eigenvalue weighted by Gasteiger charge is 2.21. The average Bonchev–Trinajstić information content (AvgIpc) is 3.59. The van der Waals surface area contributed by atoms with Crippen LogP contribution in [0.4, 0.5) is 11.5 Å². The van der Waals surface area contributed by atoms with E-state index in [1.165, 1.54) is 0 Å². The topological polar surface area (TPSA) is 114 Å². The van der Waals surface area contributed by atoms with E-state index in [1.807, 2.05) is 61.7 Å². The van der Waals surface area contributed by atoms with E-state index in [9.17, 15) is 4.79 Å². The number of rotatable bonds is 9. The first-order valence-corrected chi connectivity index (χ1v) is 11.5. The van der Waals surface area contributed by atoms with E-state index in [2.05, 4.69) is 20.8 Å². The first kappa shape index (κ1) is 22.5. The molecule has 1 aliphatic heterocycles. The van der Waals surface area contributed by atoms with Gasteiger partial charge in [0.05, 0.1) is 25.1 Å². The summed E-state index contributed by atoms with van der Waals surface area (Å²) in [5.74, 6) is 1.71. The average molecular weight is 471 g/mol. The fourth-order valence-corrected chi connectivity index (χ4v) is 3.76. The molecule has 0 atom stereocenters. The van der Waals surface area contributed by atoms with Crippen molar-refractivity contribution in [3.63, 3.8) is 0 Å². The lowest BCUT2D eigenvalue weighted by Crippen LogP contribution is -2.29. The zero-order valence-electron chi connectivity index (χ0n) is 19.4. The smallest absolute Gasteiger partial charge is 0.257 e. The van der Waals surface area contributed by atoms with E-state index in [-0.39, 0.29) is 12.5 Å². The lowest BCUT2D eigenvalue weighted by atomic mass is 10.1. The number of ether oxygens (including phenoxy) is 2. The summed E-state index contributed by atoms with van der Waals surface area (Å²) in [6, 6.07) is 15.5. The molecule has 0 spiro atoms. The van der Waals surface area contributed by atoms with Crippen molar-refractivity contribution >= 4 is 17.4 Å². The van der Waals surface area contributed by atoms with Crippen molar-refractivity contribution in [2.45, 2.75) is 26.6 Å². The van der Waals surface area contributed by atoms with Gasteiger partial charge in [0.15, 0.2) is 12.4 Å². The summed E-state index contributed by atoms with van der Waals surface area (Å²) in [4.78, 5) is 21.4. The molecule has 2 aromatic carbocycles. The van der Waals surface area contributed by atoms with E-state index in [1.54, 1.807) is 6.20 Å². The van der Waals surface area contributed by atoms with E-state index in [0.717, 1.165) is 40.1 Å². The summed E-state index contributed by atoms with van der Waals surface area (Å²) < 4.78 is 11.3. The lowest BCUT2D eigenvalue weighted by Gasteiger charge is -2.13. The number of H-pyrrole nitrogens is 1. The number of nitrogens with one attached hydrogen (secondary N) is 3. The summed E-state index contributed by atoms with van der Waals surface area (Å²) in [6.45, 7) is 3.50. The molecule has 3 N–H and O–H groups in total. The van der Waals surface area contributed by atoms with Crippen LogP contribution in [-0.4, -0.2) is 39.2 Å². The van der Waals surface area contributed by atoms with Gasteiger partial charge < -0.3 is 20.1 Å². The predicted molar refractivity (Wildman–Crippen MR) is 132 cm³/mol. The number of benzene rings is 2. The highest BCUT2D eigenvalue weighted by Crippen LogP contribution is 2.31. The molecule has 2 aromatic heterocycles. The van der Waals surface area contributed by atoms with Gasteiger partial charge in [0.25, 0.3) is 5.91 Å². The molecule has 0 aliphatic carbocycles. The second kappa shape index (κ2) is 10.4. The maximum atomic E-state index is 11.9. The number of carbonyl (C=O) groups excluding carboxylic acids is 1. The lowest BCUT2D eigenvalue weighted by molar-refractivity contribution is -0.123. The number of anilines is 2. The van der Waals surface area contributed by atoms with Crippen molar-refractivity contribution in [2.75, 3.05) is 18.5 Å². The molecule has 0 radical (unpaired) electrons. The summed E-state index contributed by atoms with van der Waals surface area (Å²) in [6.07, 6.45) is 4.53. The fraction of sp³-hybridized carbons (Fsp3) is 0.231. The molecule has 3 heterocycles. The molecule has 35 heavy (non-hydrogen) atoms. The number of aromatic nitrogens is 4. The van der Waals surface area contributed by atoms with Gasteiger partial charge in [0.1, 0.15) is 11.6 Å². The van der Waals surface area contributed by atoms with E-state index < -0.39 is 0 Å². The van der Waals surface area contributed by atoms with Gasteiger partial charge in [0.2, 0.25) is 0 Å². The van der Waals surface area contributed by atoms with Crippen molar-refractivity contribution in [2.24, 2.45) is 0 Å². The van der Waals surface area contributed by atoms with Crippen molar-refractivity contribution < 1.29 is 14.3 Å². The van der Waals surface area contributed by atoms with Gasteiger partial charge in [-0.2, -0.15) is 5.10 Å². The van der Waals surface area contributed by atoms with Crippen LogP contribution < -0.4 is 15.4 Å². The Hall–Kier alpha value is -4.24. The highest BCUT2D eigenvalue weighted by atomic mass is 16.5. The zero-order valence-corrected chi connectivity index (χ0v) is 19.4. The number of amides is 1. The molecule has 5 rings (SSSR count). The summed E-state index contributed by atoms with van der Waals surface area (Å²) in [5.41, 5.74) is 5.61. The van der Waals surface area contributed by atoms with Gasteiger partial charge >= 0.3 is 0 Å². The van der Waals surface area contributed by atoms with Gasteiger partial charge in [-0.1, -0.05) is 31.2 Å². The molecule has 0 saturated heterocycles. The Morgan fingerprint density at radius 3 is 2.77 bits per heavy atom. The maximum Gasteiger partial charge on any atom is 0.257 e. The molecule has 0 bridgehead atoms. The number of hydrogen-bond donors (Lipinski definition) is 3. The maximum absolute atomic E-state index is 11.9. The second-order valence-electron chi connectivity index (χ2n) is 8.17. The SMILES string of the molecule is CCCNC(=O)COc1cccc(-c2nc3c(c(Nc4ccc(-c5cn[nH]c5)cc4)n2)COC3)c1. The number of fused-ring (bicyclic) bond motifs is 1. The van der Waals surface area contributed by atoms with E-state index >= 15 is 0 Å². The van der Waals surface area contributed by atoms with Gasteiger partial charge in [-0.15, -0.1) is 0 Å². The Morgan fingerprint density at radius 2 is 1.97 bits per heavy atom. The molecule has 9 heteroatoms. The molecule has 1 aliphatic rings. The first-order chi connectivity index (χ1) is 17.2. The molecule has 0 fully saturated rings. The first-order valence-electron chi connectivity index (χ1n) is 11.5. The van der Waals surface area contributed by atoms with Gasteiger partial charge in [-0.25, -0.2) is 9.97 Å². The third-order valence-corrected chi connectivity index (χ3v) is 5.59. The predicted octanol–water partition coefficient (Wildman–Crippen LogP) is 4.21. The van der Waals surface area contributed by atoms with Crippen LogP contribution in [0.25, 0.3) is 22.5 Å². The monoisotopic (exact) mass is 470 g/mol. The third kappa shape index (κ3) is 5.30. The molecule has 0 unspecified atom stereocenters. The standard InChI is InChI=1S/C26H26N6O3/c1-2-10-27-24(33)16-35-21-5-3-4-18(11-21)25-31-23-15-34-14-22(23)26(32-25)30-20-8-6-17(7-9-20)19-12-28-29-13-19/h3-9,11-13H,2,10,14-16H2,1H3,(H,27,33)(H,28,29)(H,30,31,32). The summed E-state index contributed by atoms with van der Waals surface area (Å²) in [5, 5.41) is 13.1. The van der Waals surface area contributed by atoms with Crippen molar-refractivity contribution in [3.8, 4) is 28.3 Å². The summed E-state index contributed by atoms with van der Waals surface area (Å²) in [7, 11) is 0. The summed E-state index contributed by atoms with van der Waals surface area (Å²) >= 11 is 0. The number of nitrogens with zero attached hydrogens (tertiary/aromatic N) is 3. The molecule has 1 amide bonds. The van der Waals surface area contributed by atoms with Crippen LogP contribution in [0.1, 0.15) is 24.6 Å². The van der Waals surface area contributed by atoms with Crippen molar-refractivity contribution in [3.05, 3.63) is 72.2 Å². The Bertz CT molecular complexity index is 1310. The zero-order chi connectivity index (χ0) is 24.0. The minimum atomic E-state index is -0.145. The number of aromatic amines is 1. The second-order valence-corrected chi connectivity index (χ2v) is 8.17. The largest absolute Gasteiger partial charge is 0.484 e. The Balaban J connectivity index is 1.36. The minimum absolute atomic E-state index is 0.0377. The van der Waals surface area contributed by atoms with Crippen molar-refractivity contribution in [1.82, 2.24) is 25.5 Å². The van der Waals surface area contributed by atoms with Gasteiger partial charge in [0, 0.05) is 35.1 Å². The number of carbonyl (C=O) groups is 1. The quantitative estimate of drug-likeness (QED) is 0.336.